The number of amides is 2. The number of nitrogens with zero attached hydrogens (tertiary/aromatic N) is 2. The molecule has 1 aliphatic rings. The smallest absolute Gasteiger partial charge is 0.318 e. The first-order valence-electron chi connectivity index (χ1n) is 7.37. The Morgan fingerprint density at radius 3 is 3.00 bits per heavy atom. The van der Waals surface area contributed by atoms with Crippen molar-refractivity contribution in [2.45, 2.75) is 19.5 Å². The summed E-state index contributed by atoms with van der Waals surface area (Å²) in [5, 5.41) is 6.89. The van der Waals surface area contributed by atoms with Crippen LogP contribution in [-0.4, -0.2) is 41.9 Å². The molecule has 3 rings (SSSR count). The van der Waals surface area contributed by atoms with Crippen LogP contribution < -0.4 is 5.32 Å². The number of hydrogen-bond donors (Lipinski definition) is 1. The number of benzene rings is 1. The van der Waals surface area contributed by atoms with Crippen LogP contribution in [0.4, 0.5) is 4.79 Å². The molecule has 0 unspecified atom stereocenters. The number of nitrogens with one attached hydrogen (secondary N) is 1. The zero-order chi connectivity index (χ0) is 15.4. The van der Waals surface area contributed by atoms with E-state index in [-0.39, 0.29) is 12.1 Å². The number of carbonyl (C=O) groups is 1. The molecule has 6 nitrogen and oxygen atoms in total. The first-order valence-corrected chi connectivity index (χ1v) is 7.37. The lowest BCUT2D eigenvalue weighted by Gasteiger charge is -2.33. The van der Waals surface area contributed by atoms with Gasteiger partial charge in [0, 0.05) is 18.2 Å². The maximum absolute atomic E-state index is 12.2. The Morgan fingerprint density at radius 2 is 2.23 bits per heavy atom. The third-order valence-corrected chi connectivity index (χ3v) is 3.67. The van der Waals surface area contributed by atoms with Gasteiger partial charge in [-0.25, -0.2) is 4.79 Å². The van der Waals surface area contributed by atoms with Crippen LogP contribution in [0.25, 0.3) is 11.3 Å². The summed E-state index contributed by atoms with van der Waals surface area (Å²) < 4.78 is 10.6. The maximum atomic E-state index is 12.2. The van der Waals surface area contributed by atoms with Crippen molar-refractivity contribution in [2.75, 3.05) is 19.8 Å². The molecule has 1 N–H and O–H groups in total. The minimum absolute atomic E-state index is 0.0864. The van der Waals surface area contributed by atoms with E-state index in [9.17, 15) is 4.79 Å². The Hall–Kier alpha value is -2.34. The number of ether oxygens (including phenoxy) is 1. The average molecular weight is 301 g/mol. The SMILES string of the molecule is C[C@@H]1COCCN1C(=O)NCc1cc(-c2ccccc2)no1. The summed E-state index contributed by atoms with van der Waals surface area (Å²) in [5.41, 5.74) is 1.76. The van der Waals surface area contributed by atoms with Crippen LogP contribution in [0.3, 0.4) is 0 Å². The van der Waals surface area contributed by atoms with E-state index in [1.807, 2.05) is 43.3 Å². The normalized spacial score (nSPS) is 18.2. The van der Waals surface area contributed by atoms with E-state index in [2.05, 4.69) is 10.5 Å². The van der Waals surface area contributed by atoms with Crippen LogP contribution in [0.15, 0.2) is 40.9 Å². The Bertz CT molecular complexity index is 627. The van der Waals surface area contributed by atoms with Crippen LogP contribution in [0.1, 0.15) is 12.7 Å². The number of morpholine rings is 1. The Kier molecular flexibility index (Phi) is 4.39. The third kappa shape index (κ3) is 3.28. The van der Waals surface area contributed by atoms with Crippen molar-refractivity contribution in [1.29, 1.82) is 0 Å². The molecule has 2 amide bonds. The molecule has 1 aromatic carbocycles. The molecule has 6 heteroatoms. The van der Waals surface area contributed by atoms with Crippen LogP contribution in [0.5, 0.6) is 0 Å². The number of urea groups is 1. The van der Waals surface area contributed by atoms with Gasteiger partial charge in [0.2, 0.25) is 0 Å². The molecule has 1 aromatic heterocycles. The van der Waals surface area contributed by atoms with Gasteiger partial charge < -0.3 is 19.5 Å². The summed E-state index contributed by atoms with van der Waals surface area (Å²) >= 11 is 0. The zero-order valence-corrected chi connectivity index (χ0v) is 12.5. The highest BCUT2D eigenvalue weighted by Gasteiger charge is 2.23. The van der Waals surface area contributed by atoms with E-state index in [4.69, 9.17) is 9.26 Å². The average Bonchev–Trinajstić information content (AvgIpc) is 3.03. The molecule has 0 saturated carbocycles. The van der Waals surface area contributed by atoms with Crippen molar-refractivity contribution in [2.24, 2.45) is 0 Å². The van der Waals surface area contributed by atoms with Crippen LogP contribution >= 0.6 is 0 Å². The largest absolute Gasteiger partial charge is 0.377 e. The van der Waals surface area contributed by atoms with E-state index < -0.39 is 0 Å². The third-order valence-electron chi connectivity index (χ3n) is 3.67. The maximum Gasteiger partial charge on any atom is 0.318 e. The van der Waals surface area contributed by atoms with E-state index >= 15 is 0 Å². The van der Waals surface area contributed by atoms with Gasteiger partial charge in [0.15, 0.2) is 5.76 Å². The zero-order valence-electron chi connectivity index (χ0n) is 12.5. The minimum atomic E-state index is -0.103. The van der Waals surface area contributed by atoms with Crippen molar-refractivity contribution in [3.63, 3.8) is 0 Å². The standard InChI is InChI=1S/C16H19N3O3/c1-12-11-21-8-7-19(12)16(20)17-10-14-9-15(18-22-14)13-5-3-2-4-6-13/h2-6,9,12H,7-8,10-11H2,1H3,(H,17,20)/t12-/m1/s1. The summed E-state index contributed by atoms with van der Waals surface area (Å²) in [5.74, 6) is 0.633. The molecule has 22 heavy (non-hydrogen) atoms. The van der Waals surface area contributed by atoms with E-state index in [1.54, 1.807) is 4.90 Å². The predicted molar refractivity (Wildman–Crippen MR) is 81.2 cm³/mol. The fourth-order valence-electron chi connectivity index (χ4n) is 2.43. The summed E-state index contributed by atoms with van der Waals surface area (Å²) in [4.78, 5) is 13.9. The molecular formula is C16H19N3O3. The molecule has 1 atom stereocenters. The second-order valence-electron chi connectivity index (χ2n) is 5.32. The Labute approximate surface area is 129 Å². The highest BCUT2D eigenvalue weighted by atomic mass is 16.5. The number of hydrogen-bond acceptors (Lipinski definition) is 4. The second kappa shape index (κ2) is 6.62. The molecule has 1 saturated heterocycles. The first kappa shape index (κ1) is 14.6. The summed E-state index contributed by atoms with van der Waals surface area (Å²) in [6, 6.07) is 11.6. The number of carbonyl (C=O) groups excluding carboxylic acids is 1. The Morgan fingerprint density at radius 1 is 1.41 bits per heavy atom. The van der Waals surface area contributed by atoms with Crippen molar-refractivity contribution < 1.29 is 14.1 Å². The van der Waals surface area contributed by atoms with Crippen molar-refractivity contribution in [1.82, 2.24) is 15.4 Å². The monoisotopic (exact) mass is 301 g/mol. The first-order chi connectivity index (χ1) is 10.7. The van der Waals surface area contributed by atoms with Crippen molar-refractivity contribution in [3.8, 4) is 11.3 Å². The van der Waals surface area contributed by atoms with Crippen LogP contribution in [0, 0.1) is 0 Å². The van der Waals surface area contributed by atoms with Crippen LogP contribution in [-0.2, 0) is 11.3 Å². The fourth-order valence-corrected chi connectivity index (χ4v) is 2.43. The summed E-state index contributed by atoms with van der Waals surface area (Å²) in [6.07, 6.45) is 0. The fraction of sp³-hybridized carbons (Fsp3) is 0.375. The lowest BCUT2D eigenvalue weighted by molar-refractivity contribution is 0.0188. The molecule has 0 aliphatic carbocycles. The van der Waals surface area contributed by atoms with Crippen molar-refractivity contribution in [3.05, 3.63) is 42.2 Å². The number of aromatic nitrogens is 1. The molecule has 116 valence electrons. The lowest BCUT2D eigenvalue weighted by atomic mass is 10.1. The topological polar surface area (TPSA) is 67.6 Å². The van der Waals surface area contributed by atoms with Gasteiger partial charge in [0.25, 0.3) is 0 Å². The molecule has 2 aromatic rings. The predicted octanol–water partition coefficient (Wildman–Crippen LogP) is 2.27. The van der Waals surface area contributed by atoms with Crippen LogP contribution in [0.2, 0.25) is 0 Å². The van der Waals surface area contributed by atoms with Gasteiger partial charge in [0.1, 0.15) is 5.69 Å². The molecule has 1 aliphatic heterocycles. The lowest BCUT2D eigenvalue weighted by Crippen LogP contribution is -2.51. The Balaban J connectivity index is 1.58. The highest BCUT2D eigenvalue weighted by molar-refractivity contribution is 5.74. The number of rotatable bonds is 3. The second-order valence-corrected chi connectivity index (χ2v) is 5.32. The summed E-state index contributed by atoms with van der Waals surface area (Å²) in [6.45, 7) is 4.06. The molecule has 0 radical (unpaired) electrons. The van der Waals surface area contributed by atoms with Gasteiger partial charge in [-0.2, -0.15) is 0 Å². The minimum Gasteiger partial charge on any atom is -0.377 e. The van der Waals surface area contributed by atoms with Gasteiger partial charge in [-0.3, -0.25) is 0 Å². The molecular weight excluding hydrogens is 282 g/mol. The molecule has 1 fully saturated rings. The van der Waals surface area contributed by atoms with Gasteiger partial charge in [-0.05, 0) is 6.92 Å². The van der Waals surface area contributed by atoms with Gasteiger partial charge in [0.05, 0.1) is 25.8 Å². The van der Waals surface area contributed by atoms with Gasteiger partial charge in [-0.15, -0.1) is 0 Å². The van der Waals surface area contributed by atoms with E-state index in [0.717, 1.165) is 11.3 Å². The van der Waals surface area contributed by atoms with Crippen molar-refractivity contribution >= 4 is 6.03 Å². The van der Waals surface area contributed by atoms with E-state index in [0.29, 0.717) is 32.1 Å². The molecule has 2 heterocycles. The molecule has 0 spiro atoms. The quantitative estimate of drug-likeness (QED) is 0.944. The van der Waals surface area contributed by atoms with E-state index in [1.165, 1.54) is 0 Å². The van der Waals surface area contributed by atoms with Gasteiger partial charge >= 0.3 is 6.03 Å². The highest BCUT2D eigenvalue weighted by Crippen LogP contribution is 2.18. The summed E-state index contributed by atoms with van der Waals surface area (Å²) in [7, 11) is 0. The molecule has 0 bridgehead atoms. The van der Waals surface area contributed by atoms with Gasteiger partial charge in [-0.1, -0.05) is 35.5 Å².